The van der Waals surface area contributed by atoms with Crippen molar-refractivity contribution in [1.82, 2.24) is 4.31 Å². The van der Waals surface area contributed by atoms with E-state index >= 15 is 0 Å². The van der Waals surface area contributed by atoms with Gasteiger partial charge in [0.25, 0.3) is 5.91 Å². The van der Waals surface area contributed by atoms with Crippen molar-refractivity contribution in [2.24, 2.45) is 5.92 Å². The van der Waals surface area contributed by atoms with Crippen LogP contribution in [0.1, 0.15) is 41.3 Å². The predicted octanol–water partition coefficient (Wildman–Crippen LogP) is 3.98. The molecule has 1 aliphatic heterocycles. The van der Waals surface area contributed by atoms with Crippen LogP contribution < -0.4 is 10.1 Å². The summed E-state index contributed by atoms with van der Waals surface area (Å²) >= 11 is 0. The van der Waals surface area contributed by atoms with E-state index in [0.29, 0.717) is 30.4 Å². The molecule has 0 unspecified atom stereocenters. The van der Waals surface area contributed by atoms with Crippen molar-refractivity contribution in [3.05, 3.63) is 53.1 Å². The molecular weight excluding hydrogens is 388 g/mol. The molecule has 0 bridgehead atoms. The molecule has 2 aromatic rings. The molecule has 1 aliphatic rings. The van der Waals surface area contributed by atoms with Crippen LogP contribution in [0.25, 0.3) is 0 Å². The molecule has 0 atom stereocenters. The van der Waals surface area contributed by atoms with Gasteiger partial charge in [-0.1, -0.05) is 19.1 Å². The molecule has 6 nitrogen and oxygen atoms in total. The molecule has 1 fully saturated rings. The minimum atomic E-state index is -3.66. The zero-order chi connectivity index (χ0) is 21.2. The number of benzene rings is 2. The highest BCUT2D eigenvalue weighted by molar-refractivity contribution is 7.89. The summed E-state index contributed by atoms with van der Waals surface area (Å²) in [5.41, 5.74) is 2.91. The van der Waals surface area contributed by atoms with Gasteiger partial charge in [0.05, 0.1) is 17.6 Å². The molecule has 0 aromatic heterocycles. The van der Waals surface area contributed by atoms with Crippen molar-refractivity contribution in [2.75, 3.05) is 25.5 Å². The Hall–Kier alpha value is -2.38. The molecule has 1 heterocycles. The van der Waals surface area contributed by atoms with Gasteiger partial charge < -0.3 is 10.1 Å². The molecule has 1 N–H and O–H groups in total. The summed E-state index contributed by atoms with van der Waals surface area (Å²) in [5.74, 6) is 0.454. The molecule has 0 radical (unpaired) electrons. The van der Waals surface area contributed by atoms with E-state index in [1.165, 1.54) is 29.6 Å². The SMILES string of the molecule is COc1ccc(S(=O)(=O)N2CCC(C)CC2)cc1C(=O)Nc1cccc(C)c1C. The number of hydrogen-bond donors (Lipinski definition) is 1. The highest BCUT2D eigenvalue weighted by atomic mass is 32.2. The van der Waals surface area contributed by atoms with Gasteiger partial charge in [0.1, 0.15) is 5.75 Å². The van der Waals surface area contributed by atoms with Crippen LogP contribution >= 0.6 is 0 Å². The maximum atomic E-state index is 13.1. The number of anilines is 1. The number of aryl methyl sites for hydroxylation is 1. The van der Waals surface area contributed by atoms with Crippen LogP contribution in [0, 0.1) is 19.8 Å². The van der Waals surface area contributed by atoms with E-state index in [2.05, 4.69) is 12.2 Å². The van der Waals surface area contributed by atoms with Gasteiger partial charge in [0.15, 0.2) is 0 Å². The first-order chi connectivity index (χ1) is 13.7. The van der Waals surface area contributed by atoms with E-state index in [0.717, 1.165) is 24.0 Å². The normalized spacial score (nSPS) is 15.9. The fraction of sp³-hybridized carbons (Fsp3) is 0.409. The molecule has 0 spiro atoms. The van der Waals surface area contributed by atoms with Crippen molar-refractivity contribution in [3.63, 3.8) is 0 Å². The van der Waals surface area contributed by atoms with Gasteiger partial charge in [0, 0.05) is 18.8 Å². The van der Waals surface area contributed by atoms with Crippen molar-refractivity contribution < 1.29 is 17.9 Å². The molecule has 1 saturated heterocycles. The lowest BCUT2D eigenvalue weighted by atomic mass is 10.0. The van der Waals surface area contributed by atoms with Crippen LogP contribution in [-0.4, -0.2) is 38.8 Å². The smallest absolute Gasteiger partial charge is 0.259 e. The molecular formula is C22H28N2O4S. The Morgan fingerprint density at radius 1 is 1.14 bits per heavy atom. The van der Waals surface area contributed by atoms with Crippen LogP contribution in [0.15, 0.2) is 41.3 Å². The van der Waals surface area contributed by atoms with Gasteiger partial charge >= 0.3 is 0 Å². The molecule has 7 heteroatoms. The molecule has 29 heavy (non-hydrogen) atoms. The average molecular weight is 417 g/mol. The molecule has 3 rings (SSSR count). The Balaban J connectivity index is 1.92. The van der Waals surface area contributed by atoms with Gasteiger partial charge in [-0.2, -0.15) is 4.31 Å². The zero-order valence-electron chi connectivity index (χ0n) is 17.4. The van der Waals surface area contributed by atoms with Gasteiger partial charge in [0.2, 0.25) is 10.0 Å². The highest BCUT2D eigenvalue weighted by Gasteiger charge is 2.29. The van der Waals surface area contributed by atoms with Crippen LogP contribution in [-0.2, 0) is 10.0 Å². The third-order valence-electron chi connectivity index (χ3n) is 5.65. The minimum Gasteiger partial charge on any atom is -0.496 e. The van der Waals surface area contributed by atoms with E-state index in [9.17, 15) is 13.2 Å². The number of methoxy groups -OCH3 is 1. The van der Waals surface area contributed by atoms with Crippen LogP contribution in [0.4, 0.5) is 5.69 Å². The second-order valence-corrected chi connectivity index (χ2v) is 9.59. The van der Waals surface area contributed by atoms with Gasteiger partial charge in [-0.05, 0) is 68.0 Å². The molecule has 156 valence electrons. The summed E-state index contributed by atoms with van der Waals surface area (Å²) in [7, 11) is -2.19. The lowest BCUT2D eigenvalue weighted by molar-refractivity contribution is 0.102. The first-order valence-corrected chi connectivity index (χ1v) is 11.2. The number of hydrogen-bond acceptors (Lipinski definition) is 4. The number of amides is 1. The third-order valence-corrected chi connectivity index (χ3v) is 7.54. The maximum Gasteiger partial charge on any atom is 0.259 e. The number of piperidine rings is 1. The second kappa shape index (κ2) is 8.55. The second-order valence-electron chi connectivity index (χ2n) is 7.65. The van der Waals surface area contributed by atoms with Crippen molar-refractivity contribution >= 4 is 21.6 Å². The summed E-state index contributed by atoms with van der Waals surface area (Å²) < 4.78 is 33.0. The quantitative estimate of drug-likeness (QED) is 0.800. The summed E-state index contributed by atoms with van der Waals surface area (Å²) in [5, 5.41) is 2.88. The number of nitrogens with one attached hydrogen (secondary N) is 1. The summed E-state index contributed by atoms with van der Waals surface area (Å²) in [6.45, 7) is 7.03. The Labute approximate surface area is 172 Å². The number of sulfonamides is 1. The van der Waals surface area contributed by atoms with Gasteiger partial charge in [-0.3, -0.25) is 4.79 Å². The number of nitrogens with zero attached hydrogens (tertiary/aromatic N) is 1. The summed E-state index contributed by atoms with van der Waals surface area (Å²) in [6, 6.07) is 10.1. The Morgan fingerprint density at radius 2 is 1.83 bits per heavy atom. The van der Waals surface area contributed by atoms with E-state index in [1.807, 2.05) is 32.0 Å². The first-order valence-electron chi connectivity index (χ1n) is 9.79. The Kier molecular flexibility index (Phi) is 6.29. The number of carbonyl (C=O) groups excluding carboxylic acids is 1. The number of ether oxygens (including phenoxy) is 1. The molecule has 1 amide bonds. The highest BCUT2D eigenvalue weighted by Crippen LogP contribution is 2.28. The van der Waals surface area contributed by atoms with Crippen molar-refractivity contribution in [3.8, 4) is 5.75 Å². The van der Waals surface area contributed by atoms with E-state index < -0.39 is 15.9 Å². The van der Waals surface area contributed by atoms with Gasteiger partial charge in [-0.25, -0.2) is 8.42 Å². The lowest BCUT2D eigenvalue weighted by Gasteiger charge is -2.29. The van der Waals surface area contributed by atoms with Crippen LogP contribution in [0.2, 0.25) is 0 Å². The lowest BCUT2D eigenvalue weighted by Crippen LogP contribution is -2.37. The first kappa shape index (κ1) is 21.3. The number of carbonyl (C=O) groups is 1. The average Bonchev–Trinajstić information content (AvgIpc) is 2.71. The van der Waals surface area contributed by atoms with Crippen molar-refractivity contribution in [1.29, 1.82) is 0 Å². The van der Waals surface area contributed by atoms with E-state index in [4.69, 9.17) is 4.74 Å². The molecule has 0 aliphatic carbocycles. The van der Waals surface area contributed by atoms with Crippen molar-refractivity contribution in [2.45, 2.75) is 38.5 Å². The van der Waals surface area contributed by atoms with Crippen LogP contribution in [0.5, 0.6) is 5.75 Å². The van der Waals surface area contributed by atoms with E-state index in [1.54, 1.807) is 0 Å². The monoisotopic (exact) mass is 416 g/mol. The predicted molar refractivity (Wildman–Crippen MR) is 114 cm³/mol. The fourth-order valence-electron chi connectivity index (χ4n) is 3.48. The molecule has 0 saturated carbocycles. The Bertz CT molecular complexity index is 1010. The van der Waals surface area contributed by atoms with Gasteiger partial charge in [-0.15, -0.1) is 0 Å². The van der Waals surface area contributed by atoms with E-state index in [-0.39, 0.29) is 10.5 Å². The Morgan fingerprint density at radius 3 is 2.48 bits per heavy atom. The zero-order valence-corrected chi connectivity index (χ0v) is 18.2. The standard InChI is InChI=1S/C22H28N2O4S/c1-15-10-12-24(13-11-15)29(26,27)18-8-9-21(28-4)19(14-18)22(25)23-20-7-5-6-16(2)17(20)3/h5-9,14-15H,10-13H2,1-4H3,(H,23,25). The topological polar surface area (TPSA) is 75.7 Å². The molecule has 2 aromatic carbocycles. The minimum absolute atomic E-state index is 0.110. The number of rotatable bonds is 5. The fourth-order valence-corrected chi connectivity index (χ4v) is 4.97. The maximum absolute atomic E-state index is 13.1. The van der Waals surface area contributed by atoms with Crippen LogP contribution in [0.3, 0.4) is 0 Å². The summed E-state index contributed by atoms with van der Waals surface area (Å²) in [4.78, 5) is 13.1. The summed E-state index contributed by atoms with van der Waals surface area (Å²) in [6.07, 6.45) is 1.69. The largest absolute Gasteiger partial charge is 0.496 e. The third kappa shape index (κ3) is 4.46.